The van der Waals surface area contributed by atoms with Gasteiger partial charge in [-0.2, -0.15) is 0 Å². The summed E-state index contributed by atoms with van der Waals surface area (Å²) in [4.78, 5) is 30.0. The Morgan fingerprint density at radius 3 is 2.59 bits per heavy atom. The molecule has 32 heavy (non-hydrogen) atoms. The molecule has 0 aromatic rings. The van der Waals surface area contributed by atoms with Gasteiger partial charge in [-0.3, -0.25) is 4.79 Å². The van der Waals surface area contributed by atoms with E-state index in [0.29, 0.717) is 23.5 Å². The van der Waals surface area contributed by atoms with Crippen molar-refractivity contribution in [1.29, 1.82) is 0 Å². The van der Waals surface area contributed by atoms with E-state index in [4.69, 9.17) is 4.84 Å². The standard InChI is InChI=1S/C27H40N2O3/c1-17(29-32-25(31)18-10-14-28-15-11-18)22-6-7-23-21-5-4-19-16-20(30)8-12-26(19,2)24(21)9-13-27(22,23)3/h16,18,21-24,28H,4-15H2,1-3H3/b29-17+/t21?,22-,23+,24+,26+,27-/m1/s1. The van der Waals surface area contributed by atoms with Crippen LogP contribution in [0.1, 0.15) is 85.0 Å². The topological polar surface area (TPSA) is 67.8 Å². The first-order valence-electron chi connectivity index (χ1n) is 13.0. The Morgan fingerprint density at radius 2 is 1.81 bits per heavy atom. The van der Waals surface area contributed by atoms with Gasteiger partial charge in [0, 0.05) is 12.3 Å². The number of allylic oxidation sites excluding steroid dienone is 1. The molecule has 3 saturated carbocycles. The van der Waals surface area contributed by atoms with Crippen molar-refractivity contribution in [3.8, 4) is 0 Å². The lowest BCUT2D eigenvalue weighted by Gasteiger charge is -2.58. The second-order valence-electron chi connectivity index (χ2n) is 11.8. The summed E-state index contributed by atoms with van der Waals surface area (Å²) >= 11 is 0. The van der Waals surface area contributed by atoms with Crippen molar-refractivity contribution >= 4 is 17.5 Å². The van der Waals surface area contributed by atoms with E-state index in [-0.39, 0.29) is 22.7 Å². The molecule has 0 radical (unpaired) electrons. The Morgan fingerprint density at radius 1 is 1.03 bits per heavy atom. The molecule has 5 rings (SSSR count). The molecular formula is C27H40N2O3. The first kappa shape index (κ1) is 22.3. The number of ketones is 1. The van der Waals surface area contributed by atoms with Gasteiger partial charge in [0.1, 0.15) is 0 Å². The van der Waals surface area contributed by atoms with Gasteiger partial charge < -0.3 is 10.2 Å². The van der Waals surface area contributed by atoms with Gasteiger partial charge in [-0.25, -0.2) is 4.79 Å². The second-order valence-corrected chi connectivity index (χ2v) is 11.8. The average molecular weight is 441 g/mol. The Kier molecular flexibility index (Phi) is 5.84. The van der Waals surface area contributed by atoms with Gasteiger partial charge in [0.15, 0.2) is 5.78 Å². The zero-order valence-electron chi connectivity index (χ0n) is 20.1. The lowest BCUT2D eigenvalue weighted by atomic mass is 9.46. The van der Waals surface area contributed by atoms with E-state index in [0.717, 1.165) is 63.2 Å². The Labute approximate surface area is 192 Å². The summed E-state index contributed by atoms with van der Waals surface area (Å²) in [6.07, 6.45) is 12.7. The summed E-state index contributed by atoms with van der Waals surface area (Å²) in [5.74, 6) is 2.76. The summed E-state index contributed by atoms with van der Waals surface area (Å²) in [6.45, 7) is 8.78. The van der Waals surface area contributed by atoms with Gasteiger partial charge >= 0.3 is 5.97 Å². The number of piperidine rings is 1. The zero-order valence-corrected chi connectivity index (χ0v) is 20.1. The molecule has 1 heterocycles. The molecule has 5 heteroatoms. The fraction of sp³-hybridized carbons (Fsp3) is 0.815. The van der Waals surface area contributed by atoms with Gasteiger partial charge in [-0.05, 0) is 112 Å². The number of fused-ring (bicyclic) bond motifs is 5. The van der Waals surface area contributed by atoms with Crippen LogP contribution in [-0.4, -0.2) is 30.6 Å². The smallest absolute Gasteiger partial charge is 0.318 e. The predicted octanol–water partition coefficient (Wildman–Crippen LogP) is 5.05. The Bertz CT molecular complexity index is 842. The molecule has 1 aliphatic heterocycles. The number of hydrogen-bond donors (Lipinski definition) is 1. The lowest BCUT2D eigenvalue weighted by molar-refractivity contribution is -0.149. The van der Waals surface area contributed by atoms with Crippen molar-refractivity contribution in [3.05, 3.63) is 11.6 Å². The molecule has 6 atom stereocenters. The summed E-state index contributed by atoms with van der Waals surface area (Å²) < 4.78 is 0. The first-order valence-corrected chi connectivity index (χ1v) is 13.0. The van der Waals surface area contributed by atoms with E-state index in [1.54, 1.807) is 0 Å². The quantitative estimate of drug-likeness (QED) is 0.379. The first-order chi connectivity index (χ1) is 15.3. The highest BCUT2D eigenvalue weighted by Gasteiger charge is 2.59. The molecule has 0 aromatic carbocycles. The monoisotopic (exact) mass is 440 g/mol. The fourth-order valence-electron chi connectivity index (χ4n) is 8.56. The van der Waals surface area contributed by atoms with E-state index >= 15 is 0 Å². The normalized spacial score (nSPS) is 42.5. The molecule has 5 aliphatic rings. The Hall–Kier alpha value is -1.49. The van der Waals surface area contributed by atoms with Crippen molar-refractivity contribution in [3.63, 3.8) is 0 Å². The molecule has 5 nitrogen and oxygen atoms in total. The van der Waals surface area contributed by atoms with E-state index in [2.05, 4.69) is 31.2 Å². The van der Waals surface area contributed by atoms with E-state index in [1.165, 1.54) is 31.3 Å². The highest BCUT2D eigenvalue weighted by molar-refractivity contribution is 5.91. The molecular weight excluding hydrogens is 400 g/mol. The minimum absolute atomic E-state index is 0.0113. The summed E-state index contributed by atoms with van der Waals surface area (Å²) in [5.41, 5.74) is 2.93. The van der Waals surface area contributed by atoms with Crippen LogP contribution in [0.25, 0.3) is 0 Å². The van der Waals surface area contributed by atoms with Crippen molar-refractivity contribution in [1.82, 2.24) is 5.32 Å². The molecule has 0 spiro atoms. The van der Waals surface area contributed by atoms with Crippen LogP contribution < -0.4 is 5.32 Å². The highest BCUT2D eigenvalue weighted by atomic mass is 16.7. The van der Waals surface area contributed by atoms with Crippen LogP contribution >= 0.6 is 0 Å². The van der Waals surface area contributed by atoms with Crippen LogP contribution in [0.5, 0.6) is 0 Å². The van der Waals surface area contributed by atoms with Crippen LogP contribution in [0.3, 0.4) is 0 Å². The molecule has 4 fully saturated rings. The minimum Gasteiger partial charge on any atom is -0.318 e. The molecule has 1 unspecified atom stereocenters. The van der Waals surface area contributed by atoms with Crippen LogP contribution in [0.2, 0.25) is 0 Å². The number of carbonyl (C=O) groups excluding carboxylic acids is 2. The van der Waals surface area contributed by atoms with Gasteiger partial charge in [0.2, 0.25) is 0 Å². The van der Waals surface area contributed by atoms with Crippen molar-refractivity contribution in [2.24, 2.45) is 45.6 Å². The number of nitrogens with one attached hydrogen (secondary N) is 1. The summed E-state index contributed by atoms with van der Waals surface area (Å²) in [5, 5.41) is 7.71. The third-order valence-electron chi connectivity index (χ3n) is 10.4. The van der Waals surface area contributed by atoms with Gasteiger partial charge in [0.05, 0.1) is 11.6 Å². The molecule has 1 N–H and O–H groups in total. The molecule has 1 saturated heterocycles. The third kappa shape index (κ3) is 3.59. The summed E-state index contributed by atoms with van der Waals surface area (Å²) in [7, 11) is 0. The SMILES string of the molecule is C/C(=N\OC(=O)C1CCNCC1)[C@H]1CC[C@H]2C3CCC4=CC(=O)CC[C@]4(C)[C@H]3CC[C@]12C. The average Bonchev–Trinajstić information content (AvgIpc) is 3.15. The number of nitrogens with zero attached hydrogens (tertiary/aromatic N) is 1. The lowest BCUT2D eigenvalue weighted by Crippen LogP contribution is -2.51. The summed E-state index contributed by atoms with van der Waals surface area (Å²) in [6, 6.07) is 0. The van der Waals surface area contributed by atoms with E-state index < -0.39 is 0 Å². The number of hydrogen-bond acceptors (Lipinski definition) is 5. The predicted molar refractivity (Wildman–Crippen MR) is 125 cm³/mol. The molecule has 0 bridgehead atoms. The molecule has 4 aliphatic carbocycles. The zero-order chi connectivity index (χ0) is 22.5. The van der Waals surface area contributed by atoms with Crippen molar-refractivity contribution in [2.45, 2.75) is 85.0 Å². The highest BCUT2D eigenvalue weighted by Crippen LogP contribution is 2.66. The van der Waals surface area contributed by atoms with Crippen LogP contribution in [0.15, 0.2) is 16.8 Å². The van der Waals surface area contributed by atoms with Gasteiger partial charge in [-0.1, -0.05) is 24.6 Å². The van der Waals surface area contributed by atoms with E-state index in [9.17, 15) is 9.59 Å². The maximum absolute atomic E-state index is 12.5. The van der Waals surface area contributed by atoms with Gasteiger partial charge in [0.25, 0.3) is 0 Å². The van der Waals surface area contributed by atoms with Crippen molar-refractivity contribution < 1.29 is 14.4 Å². The van der Waals surface area contributed by atoms with Crippen molar-refractivity contribution in [2.75, 3.05) is 13.1 Å². The van der Waals surface area contributed by atoms with Gasteiger partial charge in [-0.15, -0.1) is 0 Å². The maximum Gasteiger partial charge on any atom is 0.338 e. The number of rotatable bonds is 3. The fourth-order valence-corrected chi connectivity index (χ4v) is 8.56. The van der Waals surface area contributed by atoms with Crippen LogP contribution in [-0.2, 0) is 14.4 Å². The largest absolute Gasteiger partial charge is 0.338 e. The Balaban J connectivity index is 1.30. The maximum atomic E-state index is 12.5. The molecule has 0 aromatic heterocycles. The number of oxime groups is 1. The molecule has 0 amide bonds. The third-order valence-corrected chi connectivity index (χ3v) is 10.4. The van der Waals surface area contributed by atoms with Crippen LogP contribution in [0.4, 0.5) is 0 Å². The number of carbonyl (C=O) groups is 2. The molecule has 176 valence electrons. The second kappa shape index (κ2) is 8.38. The minimum atomic E-state index is -0.152. The van der Waals surface area contributed by atoms with E-state index in [1.807, 2.05) is 6.08 Å². The van der Waals surface area contributed by atoms with Crippen LogP contribution in [0, 0.1) is 40.4 Å².